The Balaban J connectivity index is 0.958. The summed E-state index contributed by atoms with van der Waals surface area (Å²) in [6.07, 6.45) is 1.95. The number of nitrogens with zero attached hydrogens (tertiary/aromatic N) is 5. The quantitative estimate of drug-likeness (QED) is 0.144. The fourth-order valence-electron chi connectivity index (χ4n) is 11.8. The Morgan fingerprint density at radius 2 is 0.950 bits per heavy atom. The average molecular weight is 1040 g/mol. The number of pyridine rings is 1. The smallest absolute Gasteiger partial charge is 0.137 e. The number of benzene rings is 9. The summed E-state index contributed by atoms with van der Waals surface area (Å²) in [5, 5.41) is 2.27. The zero-order chi connectivity index (χ0) is 55.1. The van der Waals surface area contributed by atoms with Crippen molar-refractivity contribution in [3.8, 4) is 56.4 Å². The summed E-state index contributed by atoms with van der Waals surface area (Å²) >= 11 is 0. The monoisotopic (exact) mass is 1040 g/mol. The van der Waals surface area contributed by atoms with Gasteiger partial charge in [0.1, 0.15) is 24.0 Å². The van der Waals surface area contributed by atoms with E-state index in [1.165, 1.54) is 55.8 Å². The maximum absolute atomic E-state index is 7.23. The second kappa shape index (κ2) is 19.3. The first kappa shape index (κ1) is 50.4. The zero-order valence-corrected chi connectivity index (χ0v) is 47.3. The van der Waals surface area contributed by atoms with E-state index in [1.54, 1.807) is 0 Å². The lowest BCUT2D eigenvalue weighted by Crippen LogP contribution is -2.25. The van der Waals surface area contributed by atoms with E-state index in [-0.39, 0.29) is 16.2 Å². The molecule has 0 fully saturated rings. The van der Waals surface area contributed by atoms with Gasteiger partial charge in [0.15, 0.2) is 0 Å². The van der Waals surface area contributed by atoms with E-state index in [1.807, 2.05) is 6.20 Å². The molecule has 0 saturated heterocycles. The lowest BCUT2D eigenvalue weighted by molar-refractivity contribution is 0.479. The largest absolute Gasteiger partial charge is 0.457 e. The van der Waals surface area contributed by atoms with E-state index in [4.69, 9.17) is 9.72 Å². The molecule has 0 amide bonds. The standard InChI is InChI=1S/C74H67N5O/c1-72(2,3)53-28-21-27-52(42-53)61-33-22-32-60(51-26-20-25-50(41-51)49-23-12-10-13-24-49)69(61)77-48-76(65-35-18-19-36-66(65)77)57-43-55(74(7,8)9)44-59(46-57)80-58-37-38-63-67(47-58)79(68-45-54(39-40-75-68)73(4,5)6)71-62-31-16-17-34-64(62)78(70(63)71)56-29-14-11-15-30-56/h10-47H,48H2,1-9H3. The third-order valence-corrected chi connectivity index (χ3v) is 16.1. The Labute approximate surface area is 470 Å². The molecule has 0 spiro atoms. The highest BCUT2D eigenvalue weighted by atomic mass is 16.5. The molecule has 3 aromatic heterocycles. The van der Waals surface area contributed by atoms with Crippen LogP contribution >= 0.6 is 0 Å². The van der Waals surface area contributed by atoms with Crippen molar-refractivity contribution in [1.29, 1.82) is 0 Å². The number of anilines is 4. The van der Waals surface area contributed by atoms with Crippen molar-refractivity contribution < 1.29 is 4.74 Å². The first-order chi connectivity index (χ1) is 38.6. The van der Waals surface area contributed by atoms with Gasteiger partial charge in [-0.3, -0.25) is 4.57 Å². The van der Waals surface area contributed by atoms with Gasteiger partial charge in [-0.1, -0.05) is 202 Å². The Bertz CT molecular complexity index is 4320. The Kier molecular flexibility index (Phi) is 12.2. The molecule has 0 bridgehead atoms. The normalized spacial score (nSPS) is 13.0. The van der Waals surface area contributed by atoms with Crippen LogP contribution in [0.3, 0.4) is 0 Å². The van der Waals surface area contributed by atoms with Crippen molar-refractivity contribution in [3.05, 3.63) is 247 Å². The van der Waals surface area contributed by atoms with Crippen LogP contribution in [0.15, 0.2) is 231 Å². The van der Waals surface area contributed by atoms with Crippen molar-refractivity contribution in [2.45, 2.75) is 78.6 Å². The molecule has 4 heterocycles. The summed E-state index contributed by atoms with van der Waals surface area (Å²) < 4.78 is 12.0. The molecule has 9 aromatic carbocycles. The average Bonchev–Trinajstić information content (AvgIpc) is 3.83. The zero-order valence-electron chi connectivity index (χ0n) is 47.3. The van der Waals surface area contributed by atoms with Gasteiger partial charge in [-0.2, -0.15) is 0 Å². The van der Waals surface area contributed by atoms with E-state index < -0.39 is 0 Å². The van der Waals surface area contributed by atoms with Crippen LogP contribution in [0.1, 0.15) is 79.0 Å². The fraction of sp³-hybridized carbons (Fsp3) is 0.176. The first-order valence-corrected chi connectivity index (χ1v) is 28.0. The van der Waals surface area contributed by atoms with Gasteiger partial charge in [-0.05, 0) is 128 Å². The molecule has 80 heavy (non-hydrogen) atoms. The van der Waals surface area contributed by atoms with Crippen molar-refractivity contribution in [3.63, 3.8) is 0 Å². The van der Waals surface area contributed by atoms with E-state index in [2.05, 4.69) is 306 Å². The highest BCUT2D eigenvalue weighted by Gasteiger charge is 2.33. The maximum atomic E-state index is 7.23. The molecular formula is C74H67N5O. The molecule has 0 saturated carbocycles. The molecular weight excluding hydrogens is 975 g/mol. The Morgan fingerprint density at radius 1 is 0.375 bits per heavy atom. The van der Waals surface area contributed by atoms with Gasteiger partial charge in [-0.15, -0.1) is 0 Å². The van der Waals surface area contributed by atoms with Crippen LogP contribution in [0.25, 0.3) is 77.7 Å². The maximum Gasteiger partial charge on any atom is 0.137 e. The predicted molar refractivity (Wildman–Crippen MR) is 336 cm³/mol. The van der Waals surface area contributed by atoms with Crippen LogP contribution in [0.5, 0.6) is 11.5 Å². The molecule has 1 aliphatic heterocycles. The minimum Gasteiger partial charge on any atom is -0.457 e. The van der Waals surface area contributed by atoms with E-state index in [0.717, 1.165) is 72.9 Å². The minimum atomic E-state index is -0.188. The van der Waals surface area contributed by atoms with Crippen molar-refractivity contribution in [2.24, 2.45) is 0 Å². The number of hydrogen-bond donors (Lipinski definition) is 0. The minimum absolute atomic E-state index is 0.0200. The van der Waals surface area contributed by atoms with Crippen molar-refractivity contribution >= 4 is 55.6 Å². The van der Waals surface area contributed by atoms with Crippen LogP contribution in [0, 0.1) is 0 Å². The Morgan fingerprint density at radius 3 is 1.68 bits per heavy atom. The summed E-state index contributed by atoms with van der Waals surface area (Å²) in [5.41, 5.74) is 20.5. The topological polar surface area (TPSA) is 38.5 Å². The second-order valence-electron chi connectivity index (χ2n) is 24.6. The fourth-order valence-corrected chi connectivity index (χ4v) is 11.8. The number of aromatic nitrogens is 3. The van der Waals surface area contributed by atoms with Gasteiger partial charge in [0, 0.05) is 51.6 Å². The van der Waals surface area contributed by atoms with Crippen LogP contribution in [-0.2, 0) is 16.2 Å². The second-order valence-corrected chi connectivity index (χ2v) is 24.6. The summed E-state index contributed by atoms with van der Waals surface area (Å²) in [4.78, 5) is 10.1. The Hall–Kier alpha value is -9.13. The first-order valence-electron chi connectivity index (χ1n) is 28.0. The van der Waals surface area contributed by atoms with Gasteiger partial charge in [0.2, 0.25) is 0 Å². The number of fused-ring (bicyclic) bond motifs is 6. The highest BCUT2D eigenvalue weighted by Crippen LogP contribution is 2.52. The summed E-state index contributed by atoms with van der Waals surface area (Å²) in [6, 6.07) is 81.7. The molecule has 6 heteroatoms. The number of rotatable bonds is 9. The third-order valence-electron chi connectivity index (χ3n) is 16.1. The van der Waals surface area contributed by atoms with Gasteiger partial charge >= 0.3 is 0 Å². The van der Waals surface area contributed by atoms with Crippen molar-refractivity contribution in [2.75, 3.05) is 16.5 Å². The van der Waals surface area contributed by atoms with Crippen LogP contribution < -0.4 is 14.5 Å². The van der Waals surface area contributed by atoms with Gasteiger partial charge in [0.25, 0.3) is 0 Å². The van der Waals surface area contributed by atoms with Crippen molar-refractivity contribution in [1.82, 2.24) is 14.1 Å². The molecule has 0 aliphatic carbocycles. The molecule has 0 N–H and O–H groups in total. The predicted octanol–water partition coefficient (Wildman–Crippen LogP) is 20.1. The van der Waals surface area contributed by atoms with Crippen LogP contribution in [0.2, 0.25) is 0 Å². The van der Waals surface area contributed by atoms with Crippen LogP contribution in [-0.4, -0.2) is 20.8 Å². The van der Waals surface area contributed by atoms with E-state index in [0.29, 0.717) is 6.67 Å². The molecule has 12 aromatic rings. The van der Waals surface area contributed by atoms with Gasteiger partial charge in [0.05, 0.1) is 39.1 Å². The van der Waals surface area contributed by atoms with Gasteiger partial charge < -0.3 is 19.1 Å². The molecule has 394 valence electrons. The SMILES string of the molecule is CC(C)(C)c1cccc(-c2cccc(-c3cccc(-c4ccccc4)c3)c2N2CN(c3cc(Oc4ccc5c(c4)n(-c4cc(C(C)(C)C)ccn4)c4c6ccccc6n(-c6ccccc6)c54)cc(C(C)(C)C)c3)c3ccccc32)c1. The molecule has 0 unspecified atom stereocenters. The van der Waals surface area contributed by atoms with Gasteiger partial charge in [-0.25, -0.2) is 4.98 Å². The lowest BCUT2D eigenvalue weighted by Gasteiger charge is -2.29. The summed E-state index contributed by atoms with van der Waals surface area (Å²) in [5.74, 6) is 2.39. The summed E-state index contributed by atoms with van der Waals surface area (Å²) in [6.45, 7) is 21.1. The molecule has 13 rings (SSSR count). The molecule has 1 aliphatic rings. The van der Waals surface area contributed by atoms with E-state index >= 15 is 0 Å². The molecule has 0 radical (unpaired) electrons. The summed E-state index contributed by atoms with van der Waals surface area (Å²) in [7, 11) is 0. The highest BCUT2D eigenvalue weighted by molar-refractivity contribution is 6.20. The number of ether oxygens (including phenoxy) is 1. The van der Waals surface area contributed by atoms with E-state index in [9.17, 15) is 0 Å². The molecule has 0 atom stereocenters. The third kappa shape index (κ3) is 8.99. The number of hydrogen-bond acceptors (Lipinski definition) is 4. The number of para-hydroxylation sites is 5. The van der Waals surface area contributed by atoms with Crippen LogP contribution in [0.4, 0.5) is 22.7 Å². The lowest BCUT2D eigenvalue weighted by atomic mass is 9.85. The molecule has 6 nitrogen and oxygen atoms in total.